The lowest BCUT2D eigenvalue weighted by atomic mass is 10.1. The molecule has 0 spiro atoms. The number of carbonyl (C=O) groups excluding carboxylic acids is 1. The molecule has 128 valence electrons. The minimum atomic E-state index is -2.46. The normalized spacial score (nSPS) is 13.5. The van der Waals surface area contributed by atoms with Gasteiger partial charge in [0.15, 0.2) is 0 Å². The van der Waals surface area contributed by atoms with Crippen molar-refractivity contribution in [3.8, 4) is 0 Å². The van der Waals surface area contributed by atoms with Crippen LogP contribution in [0.25, 0.3) is 0 Å². The van der Waals surface area contributed by atoms with Crippen molar-refractivity contribution < 1.29 is 9.22 Å². The van der Waals surface area contributed by atoms with Crippen LogP contribution in [0, 0.1) is 5.92 Å². The molecule has 2 rings (SSSR count). The van der Waals surface area contributed by atoms with E-state index >= 15 is 0 Å². The van der Waals surface area contributed by atoms with Crippen LogP contribution in [0.2, 0.25) is 5.04 Å². The smallest absolute Gasteiger partial charge is 0.261 e. The van der Waals surface area contributed by atoms with Crippen LogP contribution < -0.4 is 10.4 Å². The van der Waals surface area contributed by atoms with Crippen molar-refractivity contribution in [1.82, 2.24) is 0 Å². The minimum Gasteiger partial charge on any atom is -0.407 e. The summed E-state index contributed by atoms with van der Waals surface area (Å²) in [4.78, 5) is 10.8. The van der Waals surface area contributed by atoms with Crippen molar-refractivity contribution in [3.63, 3.8) is 0 Å². The Morgan fingerprint density at radius 1 is 0.958 bits per heavy atom. The molecule has 0 aliphatic carbocycles. The Bertz CT molecular complexity index is 592. The van der Waals surface area contributed by atoms with Gasteiger partial charge in [-0.1, -0.05) is 88.4 Å². The van der Waals surface area contributed by atoms with Crippen molar-refractivity contribution in [1.29, 1.82) is 0 Å². The highest BCUT2D eigenvalue weighted by Gasteiger charge is 2.50. The van der Waals surface area contributed by atoms with Crippen molar-refractivity contribution in [2.24, 2.45) is 5.92 Å². The fraction of sp³-hybridized carbons (Fsp3) is 0.381. The molecule has 24 heavy (non-hydrogen) atoms. The van der Waals surface area contributed by atoms with Gasteiger partial charge in [0, 0.05) is 13.0 Å². The summed E-state index contributed by atoms with van der Waals surface area (Å²) >= 11 is 0. The van der Waals surface area contributed by atoms with Crippen LogP contribution >= 0.6 is 0 Å². The first-order chi connectivity index (χ1) is 11.4. The lowest BCUT2D eigenvalue weighted by Gasteiger charge is -2.43. The van der Waals surface area contributed by atoms with Gasteiger partial charge in [-0.05, 0) is 21.3 Å². The molecule has 0 saturated carbocycles. The molecule has 2 aromatic carbocycles. The Hall–Kier alpha value is -1.71. The number of hydrogen-bond donors (Lipinski definition) is 0. The van der Waals surface area contributed by atoms with Gasteiger partial charge in [-0.25, -0.2) is 0 Å². The zero-order valence-corrected chi connectivity index (χ0v) is 16.2. The van der Waals surface area contributed by atoms with Gasteiger partial charge in [-0.2, -0.15) is 0 Å². The maximum atomic E-state index is 10.8. The first-order valence-corrected chi connectivity index (χ1v) is 10.5. The minimum absolute atomic E-state index is 0.0173. The molecule has 0 fully saturated rings. The summed E-state index contributed by atoms with van der Waals surface area (Å²) in [5.41, 5.74) is 0. The van der Waals surface area contributed by atoms with Gasteiger partial charge < -0.3 is 9.22 Å². The van der Waals surface area contributed by atoms with E-state index in [4.69, 9.17) is 4.43 Å². The molecule has 0 radical (unpaired) electrons. The number of aldehydes is 1. The van der Waals surface area contributed by atoms with Gasteiger partial charge in [-0.15, -0.1) is 0 Å². The topological polar surface area (TPSA) is 26.3 Å². The first-order valence-electron chi connectivity index (χ1n) is 8.60. The van der Waals surface area contributed by atoms with Crippen LogP contribution in [0.1, 0.15) is 34.1 Å². The molecule has 0 aromatic heterocycles. The Balaban J connectivity index is 2.55. The molecule has 2 aromatic rings. The van der Waals surface area contributed by atoms with Gasteiger partial charge >= 0.3 is 0 Å². The van der Waals surface area contributed by atoms with E-state index in [-0.39, 0.29) is 11.0 Å². The van der Waals surface area contributed by atoms with E-state index in [1.54, 1.807) is 0 Å². The second kappa shape index (κ2) is 7.91. The van der Waals surface area contributed by atoms with Crippen LogP contribution in [0.5, 0.6) is 0 Å². The molecule has 0 heterocycles. The van der Waals surface area contributed by atoms with Gasteiger partial charge in [-0.3, -0.25) is 0 Å². The summed E-state index contributed by atoms with van der Waals surface area (Å²) < 4.78 is 6.76. The molecule has 0 aliphatic heterocycles. The summed E-state index contributed by atoms with van der Waals surface area (Å²) in [6.07, 6.45) is 1.53. The van der Waals surface area contributed by atoms with Crippen molar-refractivity contribution >= 4 is 25.0 Å². The fourth-order valence-electron chi connectivity index (χ4n) is 3.26. The summed E-state index contributed by atoms with van der Waals surface area (Å²) in [7, 11) is -2.46. The standard InChI is InChI=1S/C21H28O2Si/c1-18(15-16-22)17-23-24(21(2,3)4,19-11-7-5-8-12-19)20-13-9-6-10-14-20/h5-14,16,18H,15,17H2,1-4H3. The van der Waals surface area contributed by atoms with Crippen LogP contribution in [-0.4, -0.2) is 21.2 Å². The third kappa shape index (κ3) is 3.85. The highest BCUT2D eigenvalue weighted by Crippen LogP contribution is 2.37. The zero-order valence-electron chi connectivity index (χ0n) is 15.2. The Kier molecular flexibility index (Phi) is 6.14. The zero-order chi connectivity index (χ0) is 17.6. The maximum absolute atomic E-state index is 10.8. The summed E-state index contributed by atoms with van der Waals surface area (Å²) in [5.74, 6) is 0.226. The predicted octanol–water partition coefficient (Wildman–Crippen LogP) is 3.79. The molecule has 1 atom stereocenters. The molecule has 0 amide bonds. The van der Waals surface area contributed by atoms with E-state index in [0.29, 0.717) is 13.0 Å². The molecular formula is C21H28O2Si. The largest absolute Gasteiger partial charge is 0.407 e. The molecule has 0 saturated heterocycles. The molecule has 0 bridgehead atoms. The average molecular weight is 341 g/mol. The Labute approximate surface area is 147 Å². The molecule has 3 heteroatoms. The summed E-state index contributed by atoms with van der Waals surface area (Å²) in [5, 5.41) is 2.54. The third-order valence-electron chi connectivity index (χ3n) is 4.50. The van der Waals surface area contributed by atoms with E-state index in [1.165, 1.54) is 10.4 Å². The number of carbonyl (C=O) groups is 1. The summed E-state index contributed by atoms with van der Waals surface area (Å²) in [6.45, 7) is 9.48. The van der Waals surface area contributed by atoms with Gasteiger partial charge in [0.25, 0.3) is 8.32 Å². The van der Waals surface area contributed by atoms with Crippen LogP contribution in [0.15, 0.2) is 60.7 Å². The average Bonchev–Trinajstić information content (AvgIpc) is 2.56. The highest BCUT2D eigenvalue weighted by molar-refractivity contribution is 6.99. The number of rotatable bonds is 7. The van der Waals surface area contributed by atoms with E-state index < -0.39 is 8.32 Å². The van der Waals surface area contributed by atoms with Crippen molar-refractivity contribution in [2.75, 3.05) is 6.61 Å². The van der Waals surface area contributed by atoms with Gasteiger partial charge in [0.05, 0.1) is 0 Å². The number of benzene rings is 2. The third-order valence-corrected chi connectivity index (χ3v) is 9.50. The molecule has 2 nitrogen and oxygen atoms in total. The van der Waals surface area contributed by atoms with Crippen molar-refractivity contribution in [2.45, 2.75) is 39.2 Å². The second-order valence-electron chi connectivity index (χ2n) is 7.48. The van der Waals surface area contributed by atoms with E-state index in [0.717, 1.165) is 6.29 Å². The first kappa shape index (κ1) is 18.6. The lowest BCUT2D eigenvalue weighted by molar-refractivity contribution is -0.108. The van der Waals surface area contributed by atoms with E-state index in [9.17, 15) is 4.79 Å². The van der Waals surface area contributed by atoms with Gasteiger partial charge in [0.2, 0.25) is 0 Å². The molecular weight excluding hydrogens is 312 g/mol. The van der Waals surface area contributed by atoms with Crippen LogP contribution in [0.3, 0.4) is 0 Å². The van der Waals surface area contributed by atoms with E-state index in [1.807, 2.05) is 12.1 Å². The maximum Gasteiger partial charge on any atom is 0.261 e. The fourth-order valence-corrected chi connectivity index (χ4v) is 7.95. The van der Waals surface area contributed by atoms with Crippen LogP contribution in [-0.2, 0) is 9.22 Å². The Morgan fingerprint density at radius 3 is 1.79 bits per heavy atom. The van der Waals surface area contributed by atoms with Gasteiger partial charge in [0.1, 0.15) is 6.29 Å². The molecule has 0 aliphatic rings. The summed E-state index contributed by atoms with van der Waals surface area (Å²) in [6, 6.07) is 21.2. The Morgan fingerprint density at radius 2 is 1.42 bits per heavy atom. The lowest BCUT2D eigenvalue weighted by Crippen LogP contribution is -2.66. The quantitative estimate of drug-likeness (QED) is 0.566. The second-order valence-corrected chi connectivity index (χ2v) is 11.8. The molecule has 1 unspecified atom stereocenters. The predicted molar refractivity (Wildman–Crippen MR) is 103 cm³/mol. The van der Waals surface area contributed by atoms with E-state index in [2.05, 4.69) is 76.2 Å². The number of hydrogen-bond acceptors (Lipinski definition) is 2. The molecule has 0 N–H and O–H groups in total. The SMILES string of the molecule is CC(CC=O)CO[Si](c1ccccc1)(c1ccccc1)C(C)(C)C. The van der Waals surface area contributed by atoms with Crippen LogP contribution in [0.4, 0.5) is 0 Å². The highest BCUT2D eigenvalue weighted by atomic mass is 28.4. The monoisotopic (exact) mass is 340 g/mol. The van der Waals surface area contributed by atoms with Crippen molar-refractivity contribution in [3.05, 3.63) is 60.7 Å².